The van der Waals surface area contributed by atoms with Gasteiger partial charge in [0.15, 0.2) is 0 Å². The maximum atomic E-state index is 5.74. The van der Waals surface area contributed by atoms with E-state index in [9.17, 15) is 0 Å². The van der Waals surface area contributed by atoms with Gasteiger partial charge in [-0.15, -0.1) is 0 Å². The fraction of sp³-hybridized carbons (Fsp3) is 0.500. The standard InChI is InChI=1S/C8H12ClN3/c1-5(2)10-8-11-6(3)4-7(9)12-8/h4-5H,1-3H3,(H,10,11,12). The highest BCUT2D eigenvalue weighted by Crippen LogP contribution is 2.09. The van der Waals surface area contributed by atoms with Crippen LogP contribution in [0.5, 0.6) is 0 Å². The molecule has 0 aliphatic carbocycles. The Morgan fingerprint density at radius 2 is 2.08 bits per heavy atom. The molecule has 0 atom stereocenters. The predicted molar refractivity (Wildman–Crippen MR) is 50.5 cm³/mol. The fourth-order valence-electron chi connectivity index (χ4n) is 0.853. The van der Waals surface area contributed by atoms with E-state index >= 15 is 0 Å². The van der Waals surface area contributed by atoms with Crippen LogP contribution in [0, 0.1) is 6.92 Å². The van der Waals surface area contributed by atoms with Gasteiger partial charge in [0.1, 0.15) is 5.15 Å². The number of nitrogens with zero attached hydrogens (tertiary/aromatic N) is 2. The lowest BCUT2D eigenvalue weighted by Gasteiger charge is -2.08. The van der Waals surface area contributed by atoms with Gasteiger partial charge in [-0.25, -0.2) is 9.97 Å². The van der Waals surface area contributed by atoms with Crippen molar-refractivity contribution in [3.63, 3.8) is 0 Å². The number of aromatic nitrogens is 2. The molecule has 1 N–H and O–H groups in total. The van der Waals surface area contributed by atoms with E-state index in [-0.39, 0.29) is 0 Å². The maximum Gasteiger partial charge on any atom is 0.224 e. The molecule has 3 nitrogen and oxygen atoms in total. The van der Waals surface area contributed by atoms with Crippen LogP contribution in [0.3, 0.4) is 0 Å². The van der Waals surface area contributed by atoms with E-state index in [2.05, 4.69) is 15.3 Å². The summed E-state index contributed by atoms with van der Waals surface area (Å²) < 4.78 is 0. The lowest BCUT2D eigenvalue weighted by Crippen LogP contribution is -2.12. The Morgan fingerprint density at radius 3 is 2.58 bits per heavy atom. The largest absolute Gasteiger partial charge is 0.352 e. The average molecular weight is 186 g/mol. The zero-order valence-corrected chi connectivity index (χ0v) is 8.18. The molecule has 0 unspecified atom stereocenters. The summed E-state index contributed by atoms with van der Waals surface area (Å²) in [5.41, 5.74) is 0.873. The second-order valence-corrected chi connectivity index (χ2v) is 3.34. The molecule has 0 saturated carbocycles. The molecule has 0 saturated heterocycles. The van der Waals surface area contributed by atoms with Gasteiger partial charge in [0.25, 0.3) is 0 Å². The summed E-state index contributed by atoms with van der Waals surface area (Å²) in [5, 5.41) is 3.56. The summed E-state index contributed by atoms with van der Waals surface area (Å²) in [6.07, 6.45) is 0. The van der Waals surface area contributed by atoms with E-state index in [0.29, 0.717) is 17.1 Å². The highest BCUT2D eigenvalue weighted by Gasteiger charge is 2.00. The monoisotopic (exact) mass is 185 g/mol. The first-order valence-electron chi connectivity index (χ1n) is 3.85. The quantitative estimate of drug-likeness (QED) is 0.719. The maximum absolute atomic E-state index is 5.74. The van der Waals surface area contributed by atoms with Gasteiger partial charge in [-0.1, -0.05) is 11.6 Å². The third-order valence-corrected chi connectivity index (χ3v) is 1.43. The van der Waals surface area contributed by atoms with Crippen molar-refractivity contribution >= 4 is 17.5 Å². The zero-order chi connectivity index (χ0) is 9.14. The van der Waals surface area contributed by atoms with Crippen molar-refractivity contribution in [1.29, 1.82) is 0 Å². The van der Waals surface area contributed by atoms with Crippen LogP contribution in [-0.4, -0.2) is 16.0 Å². The topological polar surface area (TPSA) is 37.8 Å². The summed E-state index contributed by atoms with van der Waals surface area (Å²) in [7, 11) is 0. The van der Waals surface area contributed by atoms with Crippen LogP contribution in [0.1, 0.15) is 19.5 Å². The Morgan fingerprint density at radius 1 is 1.42 bits per heavy atom. The van der Waals surface area contributed by atoms with Crippen LogP contribution in [0.15, 0.2) is 6.07 Å². The molecule has 0 aliphatic rings. The lowest BCUT2D eigenvalue weighted by atomic mass is 10.4. The van der Waals surface area contributed by atoms with Crippen molar-refractivity contribution in [3.8, 4) is 0 Å². The van der Waals surface area contributed by atoms with Gasteiger partial charge in [0.2, 0.25) is 5.95 Å². The van der Waals surface area contributed by atoms with E-state index in [1.165, 1.54) is 0 Å². The van der Waals surface area contributed by atoms with E-state index < -0.39 is 0 Å². The Balaban J connectivity index is 2.85. The van der Waals surface area contributed by atoms with Gasteiger partial charge in [0, 0.05) is 11.7 Å². The lowest BCUT2D eigenvalue weighted by molar-refractivity contribution is 0.870. The van der Waals surface area contributed by atoms with E-state index in [4.69, 9.17) is 11.6 Å². The van der Waals surface area contributed by atoms with Crippen LogP contribution in [0.4, 0.5) is 5.95 Å². The fourth-order valence-corrected chi connectivity index (χ4v) is 1.09. The molecule has 1 aromatic rings. The number of halogens is 1. The Hall–Kier alpha value is -0.830. The second-order valence-electron chi connectivity index (χ2n) is 2.95. The smallest absolute Gasteiger partial charge is 0.224 e. The average Bonchev–Trinajstić information content (AvgIpc) is 1.81. The minimum absolute atomic E-state index is 0.322. The molecule has 0 aromatic carbocycles. The summed E-state index contributed by atoms with van der Waals surface area (Å²) in [6, 6.07) is 2.05. The first-order chi connectivity index (χ1) is 5.58. The van der Waals surface area contributed by atoms with Crippen molar-refractivity contribution in [2.45, 2.75) is 26.8 Å². The van der Waals surface area contributed by atoms with Crippen molar-refractivity contribution in [2.75, 3.05) is 5.32 Å². The first kappa shape index (κ1) is 9.26. The predicted octanol–water partition coefficient (Wildman–Crippen LogP) is 2.26. The number of aryl methyl sites for hydroxylation is 1. The van der Waals surface area contributed by atoms with Gasteiger partial charge in [-0.3, -0.25) is 0 Å². The van der Waals surface area contributed by atoms with Crippen molar-refractivity contribution in [2.24, 2.45) is 0 Å². The molecule has 0 bridgehead atoms. The number of nitrogens with one attached hydrogen (secondary N) is 1. The number of anilines is 1. The molecule has 1 rings (SSSR count). The SMILES string of the molecule is Cc1cc(Cl)nc(NC(C)C)n1. The Labute approximate surface area is 77.2 Å². The highest BCUT2D eigenvalue weighted by atomic mass is 35.5. The van der Waals surface area contributed by atoms with Gasteiger partial charge in [-0.05, 0) is 26.8 Å². The molecule has 0 amide bonds. The molecule has 0 aliphatic heterocycles. The molecule has 1 heterocycles. The van der Waals surface area contributed by atoms with Crippen molar-refractivity contribution in [1.82, 2.24) is 9.97 Å². The van der Waals surface area contributed by atoms with Crippen molar-refractivity contribution < 1.29 is 0 Å². The van der Waals surface area contributed by atoms with Crippen LogP contribution in [0.2, 0.25) is 5.15 Å². The van der Waals surface area contributed by atoms with E-state index in [0.717, 1.165) is 5.69 Å². The first-order valence-corrected chi connectivity index (χ1v) is 4.23. The van der Waals surface area contributed by atoms with Crippen molar-refractivity contribution in [3.05, 3.63) is 16.9 Å². The van der Waals surface area contributed by atoms with E-state index in [1.54, 1.807) is 6.07 Å². The molecule has 66 valence electrons. The zero-order valence-electron chi connectivity index (χ0n) is 7.43. The molecular weight excluding hydrogens is 174 g/mol. The molecule has 12 heavy (non-hydrogen) atoms. The Bertz CT molecular complexity index is 253. The van der Waals surface area contributed by atoms with Gasteiger partial charge in [0.05, 0.1) is 0 Å². The molecular formula is C8H12ClN3. The third kappa shape index (κ3) is 2.66. The Kier molecular flexibility index (Phi) is 2.87. The number of hydrogen-bond acceptors (Lipinski definition) is 3. The minimum atomic E-state index is 0.322. The normalized spacial score (nSPS) is 10.4. The summed E-state index contributed by atoms with van der Waals surface area (Å²) >= 11 is 5.74. The van der Waals surface area contributed by atoms with Crippen LogP contribution >= 0.6 is 11.6 Å². The highest BCUT2D eigenvalue weighted by molar-refractivity contribution is 6.29. The summed E-state index contributed by atoms with van der Waals surface area (Å²) in [6.45, 7) is 5.94. The minimum Gasteiger partial charge on any atom is -0.352 e. The molecule has 0 radical (unpaired) electrons. The second kappa shape index (κ2) is 3.72. The molecule has 0 fully saturated rings. The van der Waals surface area contributed by atoms with Crippen LogP contribution < -0.4 is 5.32 Å². The van der Waals surface area contributed by atoms with Crippen LogP contribution in [0.25, 0.3) is 0 Å². The van der Waals surface area contributed by atoms with E-state index in [1.807, 2.05) is 20.8 Å². The molecule has 0 spiro atoms. The number of rotatable bonds is 2. The summed E-state index contributed by atoms with van der Waals surface area (Å²) in [5.74, 6) is 0.593. The van der Waals surface area contributed by atoms with Gasteiger partial charge < -0.3 is 5.32 Å². The van der Waals surface area contributed by atoms with Gasteiger partial charge >= 0.3 is 0 Å². The third-order valence-electron chi connectivity index (χ3n) is 1.24. The van der Waals surface area contributed by atoms with Crippen LogP contribution in [-0.2, 0) is 0 Å². The summed E-state index contributed by atoms with van der Waals surface area (Å²) in [4.78, 5) is 8.18. The molecule has 1 aromatic heterocycles. The van der Waals surface area contributed by atoms with Gasteiger partial charge in [-0.2, -0.15) is 0 Å². The number of hydrogen-bond donors (Lipinski definition) is 1. The molecule has 4 heteroatoms.